The fraction of sp³-hybridized carbons (Fsp3) is 0.562. The average Bonchev–Trinajstić information content (AvgIpc) is 2.40. The number of alkyl halides is 1. The van der Waals surface area contributed by atoms with E-state index in [0.717, 1.165) is 42.4 Å². The van der Waals surface area contributed by atoms with Gasteiger partial charge >= 0.3 is 0 Å². The van der Waals surface area contributed by atoms with Crippen LogP contribution in [0, 0.1) is 0 Å². The van der Waals surface area contributed by atoms with Gasteiger partial charge in [0.05, 0.1) is 0 Å². The number of nitrogens with zero attached hydrogens (tertiary/aromatic N) is 2. The van der Waals surface area contributed by atoms with Crippen LogP contribution in [-0.4, -0.2) is 42.8 Å². The van der Waals surface area contributed by atoms with E-state index in [1.807, 2.05) is 43.3 Å². The third-order valence-electron chi connectivity index (χ3n) is 3.92. The van der Waals surface area contributed by atoms with Gasteiger partial charge in [0.25, 0.3) is 5.91 Å². The maximum atomic E-state index is 12.8. The Bertz CT molecular complexity index is 458. The first-order chi connectivity index (χ1) is 9.63. The lowest BCUT2D eigenvalue weighted by Gasteiger charge is -2.37. The Hall–Kier alpha value is -1.03. The maximum absolute atomic E-state index is 12.8. The Kier molecular flexibility index (Phi) is 5.46. The second-order valence-electron chi connectivity index (χ2n) is 5.57. The Labute approximate surface area is 130 Å². The molecule has 4 heteroatoms. The van der Waals surface area contributed by atoms with Crippen LogP contribution in [0.2, 0.25) is 0 Å². The monoisotopic (exact) mass is 338 g/mol. The number of benzene rings is 1. The second-order valence-corrected chi connectivity index (χ2v) is 6.36. The highest BCUT2D eigenvalue weighted by atomic mass is 79.9. The molecule has 1 amide bonds. The molecule has 20 heavy (non-hydrogen) atoms. The molecule has 1 aromatic carbocycles. The van der Waals surface area contributed by atoms with Gasteiger partial charge in [-0.2, -0.15) is 0 Å². The molecule has 0 aromatic heterocycles. The van der Waals surface area contributed by atoms with Crippen LogP contribution in [0.5, 0.6) is 0 Å². The minimum Gasteiger partial charge on any atom is -0.378 e. The van der Waals surface area contributed by atoms with Gasteiger partial charge in [0.2, 0.25) is 0 Å². The lowest BCUT2D eigenvalue weighted by atomic mass is 9.90. The molecule has 0 atom stereocenters. The summed E-state index contributed by atoms with van der Waals surface area (Å²) in [6.07, 6.45) is 4.57. The van der Waals surface area contributed by atoms with E-state index in [0.29, 0.717) is 6.04 Å². The van der Waals surface area contributed by atoms with Crippen molar-refractivity contribution in [3.8, 4) is 0 Å². The Morgan fingerprint density at radius 2 is 2.10 bits per heavy atom. The van der Waals surface area contributed by atoms with Crippen LogP contribution in [-0.2, 0) is 0 Å². The highest BCUT2D eigenvalue weighted by molar-refractivity contribution is 9.09. The largest absolute Gasteiger partial charge is 0.378 e. The first-order valence-electron chi connectivity index (χ1n) is 7.28. The van der Waals surface area contributed by atoms with Gasteiger partial charge in [-0.05, 0) is 43.9 Å². The number of hydrogen-bond donors (Lipinski definition) is 0. The number of anilines is 1. The van der Waals surface area contributed by atoms with Crippen LogP contribution in [0.25, 0.3) is 0 Å². The zero-order chi connectivity index (χ0) is 14.5. The van der Waals surface area contributed by atoms with Crippen LogP contribution in [0.3, 0.4) is 0 Å². The smallest absolute Gasteiger partial charge is 0.254 e. The van der Waals surface area contributed by atoms with E-state index in [4.69, 9.17) is 0 Å². The van der Waals surface area contributed by atoms with Crippen LogP contribution in [0.1, 0.15) is 36.0 Å². The molecule has 0 spiro atoms. The number of carbonyl (C=O) groups excluding carboxylic acids is 1. The molecule has 1 aliphatic carbocycles. The van der Waals surface area contributed by atoms with Crippen molar-refractivity contribution in [3.63, 3.8) is 0 Å². The van der Waals surface area contributed by atoms with Gasteiger partial charge < -0.3 is 9.80 Å². The van der Waals surface area contributed by atoms with Crippen molar-refractivity contribution in [1.29, 1.82) is 0 Å². The summed E-state index contributed by atoms with van der Waals surface area (Å²) < 4.78 is 0. The lowest BCUT2D eigenvalue weighted by Crippen LogP contribution is -2.44. The third-order valence-corrected chi connectivity index (χ3v) is 4.48. The van der Waals surface area contributed by atoms with Gasteiger partial charge in [0, 0.05) is 43.3 Å². The van der Waals surface area contributed by atoms with Crippen molar-refractivity contribution in [2.75, 3.05) is 30.9 Å². The van der Waals surface area contributed by atoms with Crippen LogP contribution >= 0.6 is 15.9 Å². The first-order valence-corrected chi connectivity index (χ1v) is 8.40. The molecule has 0 aliphatic heterocycles. The Morgan fingerprint density at radius 3 is 2.65 bits per heavy atom. The van der Waals surface area contributed by atoms with Crippen LogP contribution < -0.4 is 4.90 Å². The molecule has 1 aliphatic rings. The quantitative estimate of drug-likeness (QED) is 0.740. The zero-order valence-electron chi connectivity index (χ0n) is 12.3. The zero-order valence-corrected chi connectivity index (χ0v) is 13.9. The molecule has 0 unspecified atom stereocenters. The van der Waals surface area contributed by atoms with Gasteiger partial charge in [0.15, 0.2) is 0 Å². The molecule has 0 saturated heterocycles. The van der Waals surface area contributed by atoms with Crippen molar-refractivity contribution < 1.29 is 4.79 Å². The SMILES string of the molecule is CN(C)c1cccc(C(=O)N(CCCBr)C2CCC2)c1. The Morgan fingerprint density at radius 1 is 1.35 bits per heavy atom. The van der Waals surface area contributed by atoms with Crippen molar-refractivity contribution in [1.82, 2.24) is 4.90 Å². The predicted molar refractivity (Wildman–Crippen MR) is 87.9 cm³/mol. The van der Waals surface area contributed by atoms with Gasteiger partial charge in [-0.25, -0.2) is 0 Å². The van der Waals surface area contributed by atoms with E-state index in [2.05, 4.69) is 20.8 Å². The van der Waals surface area contributed by atoms with Gasteiger partial charge in [0.1, 0.15) is 0 Å². The fourth-order valence-corrected chi connectivity index (χ4v) is 2.71. The summed E-state index contributed by atoms with van der Waals surface area (Å²) >= 11 is 3.46. The first kappa shape index (κ1) is 15.4. The van der Waals surface area contributed by atoms with E-state index in [1.165, 1.54) is 6.42 Å². The number of amides is 1. The highest BCUT2D eigenvalue weighted by Gasteiger charge is 2.29. The fourth-order valence-electron chi connectivity index (χ4n) is 2.46. The molecular formula is C16H23BrN2O. The van der Waals surface area contributed by atoms with Crippen LogP contribution in [0.4, 0.5) is 5.69 Å². The summed E-state index contributed by atoms with van der Waals surface area (Å²) in [7, 11) is 4.00. The predicted octanol–water partition coefficient (Wildman–Crippen LogP) is 3.53. The number of rotatable bonds is 6. The van der Waals surface area contributed by atoms with E-state index in [9.17, 15) is 4.79 Å². The molecule has 1 saturated carbocycles. The molecule has 1 fully saturated rings. The van der Waals surface area contributed by atoms with Crippen molar-refractivity contribution in [2.24, 2.45) is 0 Å². The number of hydrogen-bond acceptors (Lipinski definition) is 2. The average molecular weight is 339 g/mol. The van der Waals surface area contributed by atoms with E-state index < -0.39 is 0 Å². The maximum Gasteiger partial charge on any atom is 0.254 e. The van der Waals surface area contributed by atoms with E-state index >= 15 is 0 Å². The normalized spacial score (nSPS) is 14.8. The van der Waals surface area contributed by atoms with Gasteiger partial charge in [-0.1, -0.05) is 22.0 Å². The molecule has 0 radical (unpaired) electrons. The lowest BCUT2D eigenvalue weighted by molar-refractivity contribution is 0.0581. The minimum absolute atomic E-state index is 0.180. The second kappa shape index (κ2) is 7.11. The highest BCUT2D eigenvalue weighted by Crippen LogP contribution is 2.27. The summed E-state index contributed by atoms with van der Waals surface area (Å²) in [5.74, 6) is 0.180. The van der Waals surface area contributed by atoms with E-state index in [-0.39, 0.29) is 5.91 Å². The van der Waals surface area contributed by atoms with Crippen LogP contribution in [0.15, 0.2) is 24.3 Å². The third kappa shape index (κ3) is 3.54. The topological polar surface area (TPSA) is 23.6 Å². The minimum atomic E-state index is 0.180. The molecule has 2 rings (SSSR count). The standard InChI is InChI=1S/C16H23BrN2O/c1-18(2)15-9-3-6-13(12-15)16(20)19(11-5-10-17)14-7-4-8-14/h3,6,9,12,14H,4-5,7-8,10-11H2,1-2H3. The molecule has 0 heterocycles. The number of carbonyl (C=O) groups is 1. The summed E-state index contributed by atoms with van der Waals surface area (Å²) in [6, 6.07) is 8.36. The van der Waals surface area contributed by atoms with Gasteiger partial charge in [-0.3, -0.25) is 4.79 Å². The number of halogens is 1. The molecule has 0 bridgehead atoms. The summed E-state index contributed by atoms with van der Waals surface area (Å²) in [4.78, 5) is 16.9. The molecule has 0 N–H and O–H groups in total. The Balaban J connectivity index is 2.15. The van der Waals surface area contributed by atoms with Gasteiger partial charge in [-0.15, -0.1) is 0 Å². The summed E-state index contributed by atoms with van der Waals surface area (Å²) in [5, 5.41) is 0.946. The summed E-state index contributed by atoms with van der Waals surface area (Å²) in [5.41, 5.74) is 1.88. The van der Waals surface area contributed by atoms with Crippen molar-refractivity contribution in [2.45, 2.75) is 31.7 Å². The molecular weight excluding hydrogens is 316 g/mol. The molecule has 1 aromatic rings. The molecule has 3 nitrogen and oxygen atoms in total. The van der Waals surface area contributed by atoms with Crippen molar-refractivity contribution in [3.05, 3.63) is 29.8 Å². The summed E-state index contributed by atoms with van der Waals surface area (Å²) in [6.45, 7) is 0.848. The van der Waals surface area contributed by atoms with E-state index in [1.54, 1.807) is 0 Å². The van der Waals surface area contributed by atoms with Crippen molar-refractivity contribution >= 4 is 27.5 Å². The molecule has 110 valence electrons.